The Morgan fingerprint density at radius 1 is 1.44 bits per heavy atom. The number of ether oxygens (including phenoxy) is 1. The fourth-order valence-electron chi connectivity index (χ4n) is 1.89. The summed E-state index contributed by atoms with van der Waals surface area (Å²) in [6, 6.07) is 0. The molecule has 1 fully saturated rings. The van der Waals surface area contributed by atoms with Gasteiger partial charge in [0.05, 0.1) is 0 Å². The molecule has 2 atom stereocenters. The molecule has 0 aromatic carbocycles. The molecule has 5 nitrogen and oxygen atoms in total. The number of amides is 1. The number of rotatable bonds is 2. The molecule has 1 amide bonds. The van der Waals surface area contributed by atoms with Gasteiger partial charge in [-0.15, -0.1) is 0 Å². The minimum atomic E-state index is -0.480. The predicted molar refractivity (Wildman–Crippen MR) is 60.9 cm³/mol. The van der Waals surface area contributed by atoms with Crippen LogP contribution < -0.4 is 5.73 Å². The molecule has 0 saturated carbocycles. The molecule has 0 aromatic heterocycles. The van der Waals surface area contributed by atoms with E-state index in [2.05, 4.69) is 0 Å². The number of aliphatic hydroxyl groups excluding tert-OH is 1. The van der Waals surface area contributed by atoms with Crippen LogP contribution in [0.25, 0.3) is 0 Å². The Balaban J connectivity index is 2.54. The van der Waals surface area contributed by atoms with Crippen LogP contribution in [0.1, 0.15) is 20.8 Å². The Labute approximate surface area is 96.6 Å². The first kappa shape index (κ1) is 13.3. The summed E-state index contributed by atoms with van der Waals surface area (Å²) in [6.45, 7) is 7.19. The lowest BCUT2D eigenvalue weighted by Gasteiger charge is -2.24. The molecule has 0 aliphatic carbocycles. The smallest absolute Gasteiger partial charge is 0.410 e. The van der Waals surface area contributed by atoms with Crippen molar-refractivity contribution in [2.75, 3.05) is 26.2 Å². The van der Waals surface area contributed by atoms with Crippen LogP contribution in [-0.4, -0.2) is 47.9 Å². The molecular weight excluding hydrogens is 208 g/mol. The Morgan fingerprint density at radius 2 is 2.00 bits per heavy atom. The molecular formula is C11H22N2O3. The zero-order valence-electron chi connectivity index (χ0n) is 10.3. The van der Waals surface area contributed by atoms with E-state index in [4.69, 9.17) is 15.6 Å². The van der Waals surface area contributed by atoms with Gasteiger partial charge in [-0.2, -0.15) is 0 Å². The van der Waals surface area contributed by atoms with Gasteiger partial charge in [0.25, 0.3) is 0 Å². The van der Waals surface area contributed by atoms with E-state index in [9.17, 15) is 4.79 Å². The highest BCUT2D eigenvalue weighted by atomic mass is 16.6. The van der Waals surface area contributed by atoms with E-state index in [0.717, 1.165) is 0 Å². The van der Waals surface area contributed by atoms with Gasteiger partial charge in [-0.25, -0.2) is 4.79 Å². The predicted octanol–water partition coefficient (Wildman–Crippen LogP) is 0.421. The van der Waals surface area contributed by atoms with Crippen LogP contribution in [-0.2, 0) is 4.74 Å². The van der Waals surface area contributed by atoms with Crippen molar-refractivity contribution in [2.24, 2.45) is 17.6 Å². The van der Waals surface area contributed by atoms with Gasteiger partial charge in [0.1, 0.15) is 5.60 Å². The number of hydrogen-bond donors (Lipinski definition) is 2. The molecule has 1 aliphatic heterocycles. The standard InChI is InChI=1S/C11H22N2O3/c1-11(2,3)16-10(15)13-5-8(4-12)9(6-13)7-14/h8-9,14H,4-7,12H2,1-3H3. The summed E-state index contributed by atoms with van der Waals surface area (Å²) in [4.78, 5) is 13.4. The highest BCUT2D eigenvalue weighted by Gasteiger charge is 2.35. The number of carbonyl (C=O) groups is 1. The van der Waals surface area contributed by atoms with Gasteiger partial charge in [-0.3, -0.25) is 0 Å². The van der Waals surface area contributed by atoms with Crippen molar-refractivity contribution < 1.29 is 14.6 Å². The maximum absolute atomic E-state index is 11.8. The maximum Gasteiger partial charge on any atom is 0.410 e. The lowest BCUT2D eigenvalue weighted by molar-refractivity contribution is 0.0281. The molecule has 1 heterocycles. The van der Waals surface area contributed by atoms with Crippen molar-refractivity contribution in [3.8, 4) is 0 Å². The third-order valence-corrected chi connectivity index (χ3v) is 2.77. The van der Waals surface area contributed by atoms with E-state index in [0.29, 0.717) is 19.6 Å². The van der Waals surface area contributed by atoms with Crippen LogP contribution in [0, 0.1) is 11.8 Å². The second kappa shape index (κ2) is 5.01. The summed E-state index contributed by atoms with van der Waals surface area (Å²) >= 11 is 0. The minimum absolute atomic E-state index is 0.0706. The van der Waals surface area contributed by atoms with Gasteiger partial charge >= 0.3 is 6.09 Å². The summed E-state index contributed by atoms with van der Waals surface area (Å²) in [5, 5.41) is 9.17. The van der Waals surface area contributed by atoms with E-state index in [1.165, 1.54) is 0 Å². The average Bonchev–Trinajstić information content (AvgIpc) is 2.57. The lowest BCUT2D eigenvalue weighted by atomic mass is 9.97. The maximum atomic E-state index is 11.8. The third-order valence-electron chi connectivity index (χ3n) is 2.77. The van der Waals surface area contributed by atoms with Crippen LogP contribution in [0.2, 0.25) is 0 Å². The second-order valence-electron chi connectivity index (χ2n) is 5.32. The summed E-state index contributed by atoms with van der Waals surface area (Å²) in [5.74, 6) is 0.259. The van der Waals surface area contributed by atoms with Crippen LogP contribution in [0.5, 0.6) is 0 Å². The second-order valence-corrected chi connectivity index (χ2v) is 5.32. The molecule has 2 unspecified atom stereocenters. The first-order valence-corrected chi connectivity index (χ1v) is 5.66. The molecule has 0 spiro atoms. The fourth-order valence-corrected chi connectivity index (χ4v) is 1.89. The molecule has 0 radical (unpaired) electrons. The Bertz CT molecular complexity index is 238. The zero-order valence-corrected chi connectivity index (χ0v) is 10.3. The SMILES string of the molecule is CC(C)(C)OC(=O)N1CC(CN)C(CO)C1. The Kier molecular flexibility index (Phi) is 4.15. The number of hydrogen-bond acceptors (Lipinski definition) is 4. The number of likely N-dealkylation sites (tertiary alicyclic amines) is 1. The number of nitrogens with two attached hydrogens (primary N) is 1. The number of aliphatic hydroxyl groups is 1. The largest absolute Gasteiger partial charge is 0.444 e. The minimum Gasteiger partial charge on any atom is -0.444 e. The van der Waals surface area contributed by atoms with Crippen molar-refractivity contribution in [1.82, 2.24) is 4.90 Å². The van der Waals surface area contributed by atoms with Gasteiger partial charge in [0.15, 0.2) is 0 Å². The fraction of sp³-hybridized carbons (Fsp3) is 0.909. The topological polar surface area (TPSA) is 75.8 Å². The van der Waals surface area contributed by atoms with Crippen LogP contribution >= 0.6 is 0 Å². The van der Waals surface area contributed by atoms with E-state index >= 15 is 0 Å². The molecule has 94 valence electrons. The van der Waals surface area contributed by atoms with Gasteiger partial charge in [0.2, 0.25) is 0 Å². The highest BCUT2D eigenvalue weighted by molar-refractivity contribution is 5.68. The van der Waals surface area contributed by atoms with Crippen molar-refractivity contribution in [3.05, 3.63) is 0 Å². The van der Waals surface area contributed by atoms with Crippen LogP contribution in [0.4, 0.5) is 4.79 Å². The molecule has 0 bridgehead atoms. The normalized spacial score (nSPS) is 25.9. The molecule has 5 heteroatoms. The van der Waals surface area contributed by atoms with E-state index < -0.39 is 5.60 Å². The van der Waals surface area contributed by atoms with Gasteiger partial charge in [0, 0.05) is 25.6 Å². The van der Waals surface area contributed by atoms with E-state index in [1.807, 2.05) is 20.8 Å². The van der Waals surface area contributed by atoms with Gasteiger partial charge in [-0.05, 0) is 33.2 Å². The Morgan fingerprint density at radius 3 is 2.38 bits per heavy atom. The van der Waals surface area contributed by atoms with Crippen LogP contribution in [0.3, 0.4) is 0 Å². The van der Waals surface area contributed by atoms with E-state index in [-0.39, 0.29) is 24.5 Å². The average molecular weight is 230 g/mol. The third kappa shape index (κ3) is 3.35. The number of nitrogens with zero attached hydrogens (tertiary/aromatic N) is 1. The molecule has 16 heavy (non-hydrogen) atoms. The van der Waals surface area contributed by atoms with Gasteiger partial charge < -0.3 is 20.5 Å². The first-order valence-electron chi connectivity index (χ1n) is 5.66. The summed E-state index contributed by atoms with van der Waals surface area (Å²) < 4.78 is 5.27. The van der Waals surface area contributed by atoms with Crippen molar-refractivity contribution >= 4 is 6.09 Å². The lowest BCUT2D eigenvalue weighted by Crippen LogP contribution is -2.36. The zero-order chi connectivity index (χ0) is 12.3. The molecule has 1 rings (SSSR count). The van der Waals surface area contributed by atoms with E-state index in [1.54, 1.807) is 4.90 Å². The van der Waals surface area contributed by atoms with Crippen LogP contribution in [0.15, 0.2) is 0 Å². The first-order chi connectivity index (χ1) is 7.37. The highest BCUT2D eigenvalue weighted by Crippen LogP contribution is 2.23. The van der Waals surface area contributed by atoms with Gasteiger partial charge in [-0.1, -0.05) is 0 Å². The molecule has 3 N–H and O–H groups in total. The van der Waals surface area contributed by atoms with Crippen molar-refractivity contribution in [3.63, 3.8) is 0 Å². The summed E-state index contributed by atoms with van der Waals surface area (Å²) in [7, 11) is 0. The van der Waals surface area contributed by atoms with Crippen molar-refractivity contribution in [1.29, 1.82) is 0 Å². The molecule has 1 aliphatic rings. The Hall–Kier alpha value is -0.810. The number of carbonyl (C=O) groups excluding carboxylic acids is 1. The van der Waals surface area contributed by atoms with Crippen molar-refractivity contribution in [2.45, 2.75) is 26.4 Å². The summed E-state index contributed by atoms with van der Waals surface area (Å²) in [5.41, 5.74) is 5.12. The molecule has 0 aromatic rings. The monoisotopic (exact) mass is 230 g/mol. The molecule has 1 saturated heterocycles. The quantitative estimate of drug-likeness (QED) is 0.721. The summed E-state index contributed by atoms with van der Waals surface area (Å²) in [6.07, 6.45) is -0.318.